The summed E-state index contributed by atoms with van der Waals surface area (Å²) in [6.45, 7) is 3.98. The average molecular weight is 339 g/mol. The number of amides is 2. The third kappa shape index (κ3) is 4.45. The van der Waals surface area contributed by atoms with E-state index in [1.54, 1.807) is 6.07 Å². The Hall–Kier alpha value is -1.60. The van der Waals surface area contributed by atoms with E-state index in [0.717, 1.165) is 24.8 Å². The fourth-order valence-corrected chi connectivity index (χ4v) is 3.63. The molecule has 1 aromatic carbocycles. The summed E-state index contributed by atoms with van der Waals surface area (Å²) in [4.78, 5) is 12.4. The molecule has 1 aliphatic rings. The van der Waals surface area contributed by atoms with Crippen molar-refractivity contribution in [1.29, 1.82) is 0 Å². The minimum absolute atomic E-state index is 0.131. The van der Waals surface area contributed by atoms with Crippen molar-refractivity contribution in [2.45, 2.75) is 50.5 Å². The molecule has 1 aromatic rings. The summed E-state index contributed by atoms with van der Waals surface area (Å²) < 4.78 is 26.0. The van der Waals surface area contributed by atoms with E-state index in [-0.39, 0.29) is 17.0 Å². The first-order valence-electron chi connectivity index (χ1n) is 7.95. The molecule has 0 aromatic heterocycles. The van der Waals surface area contributed by atoms with Crippen LogP contribution in [0.25, 0.3) is 0 Å². The molecule has 1 fully saturated rings. The zero-order valence-electron chi connectivity index (χ0n) is 13.8. The van der Waals surface area contributed by atoms with Gasteiger partial charge >= 0.3 is 6.03 Å². The number of urea groups is 1. The Morgan fingerprint density at radius 1 is 1.22 bits per heavy atom. The number of carbonyl (C=O) groups is 1. The molecule has 0 spiro atoms. The van der Waals surface area contributed by atoms with Crippen LogP contribution in [0.4, 0.5) is 10.5 Å². The van der Waals surface area contributed by atoms with E-state index in [0.29, 0.717) is 11.6 Å². The lowest BCUT2D eigenvalue weighted by Crippen LogP contribution is -2.43. The highest BCUT2D eigenvalue weighted by Gasteiger charge is 2.23. The molecular formula is C16H25N3O3S. The minimum Gasteiger partial charge on any atom is -0.335 e. The van der Waals surface area contributed by atoms with Gasteiger partial charge in [0.05, 0.1) is 4.90 Å². The summed E-state index contributed by atoms with van der Waals surface area (Å²) in [6.07, 6.45) is 4.45. The Balaban J connectivity index is 2.10. The van der Waals surface area contributed by atoms with Gasteiger partial charge in [-0.05, 0) is 50.4 Å². The molecule has 1 saturated carbocycles. The predicted molar refractivity (Wildman–Crippen MR) is 91.0 cm³/mol. The molecule has 23 heavy (non-hydrogen) atoms. The van der Waals surface area contributed by atoms with E-state index < -0.39 is 10.0 Å². The smallest absolute Gasteiger partial charge is 0.319 e. The van der Waals surface area contributed by atoms with Gasteiger partial charge in [-0.2, -0.15) is 0 Å². The van der Waals surface area contributed by atoms with Crippen LogP contribution in [0.1, 0.15) is 38.2 Å². The molecule has 0 aliphatic heterocycles. The minimum atomic E-state index is -3.53. The number of carbonyl (C=O) groups excluding carboxylic acids is 1. The molecule has 7 heteroatoms. The van der Waals surface area contributed by atoms with Gasteiger partial charge in [0.25, 0.3) is 0 Å². The van der Waals surface area contributed by atoms with Gasteiger partial charge in [0.2, 0.25) is 10.0 Å². The monoisotopic (exact) mass is 339 g/mol. The van der Waals surface area contributed by atoms with Gasteiger partial charge in [-0.15, -0.1) is 0 Å². The Morgan fingerprint density at radius 3 is 2.57 bits per heavy atom. The number of rotatable bonds is 4. The fraction of sp³-hybridized carbons (Fsp3) is 0.562. The van der Waals surface area contributed by atoms with Crippen molar-refractivity contribution in [3.8, 4) is 0 Å². The van der Waals surface area contributed by atoms with E-state index in [4.69, 9.17) is 0 Å². The van der Waals surface area contributed by atoms with Crippen LogP contribution < -0.4 is 15.4 Å². The van der Waals surface area contributed by atoms with Crippen molar-refractivity contribution in [1.82, 2.24) is 10.0 Å². The summed E-state index contributed by atoms with van der Waals surface area (Å²) in [5.41, 5.74) is 1.31. The second kappa shape index (κ2) is 7.31. The highest BCUT2D eigenvalue weighted by Crippen LogP contribution is 2.24. The molecule has 1 aliphatic carbocycles. The van der Waals surface area contributed by atoms with Crippen LogP contribution in [0.15, 0.2) is 23.1 Å². The molecule has 6 nitrogen and oxygen atoms in total. The molecule has 2 unspecified atom stereocenters. The molecule has 0 saturated heterocycles. The molecule has 2 rings (SSSR count). The maximum absolute atomic E-state index is 12.2. The lowest BCUT2D eigenvalue weighted by Gasteiger charge is -2.29. The van der Waals surface area contributed by atoms with Crippen molar-refractivity contribution in [3.05, 3.63) is 23.8 Å². The lowest BCUT2D eigenvalue weighted by atomic mass is 9.86. The highest BCUT2D eigenvalue weighted by atomic mass is 32.2. The summed E-state index contributed by atoms with van der Waals surface area (Å²) in [6, 6.07) is 4.57. The Morgan fingerprint density at radius 2 is 1.91 bits per heavy atom. The first-order valence-corrected chi connectivity index (χ1v) is 9.43. The molecule has 2 atom stereocenters. The zero-order valence-corrected chi connectivity index (χ0v) is 14.7. The largest absolute Gasteiger partial charge is 0.335 e. The Labute approximate surface area is 138 Å². The molecular weight excluding hydrogens is 314 g/mol. The predicted octanol–water partition coefficient (Wildman–Crippen LogP) is 2.60. The van der Waals surface area contributed by atoms with Gasteiger partial charge in [0.1, 0.15) is 0 Å². The maximum atomic E-state index is 12.2. The van der Waals surface area contributed by atoms with Crippen LogP contribution in [0.3, 0.4) is 0 Å². The molecule has 0 bridgehead atoms. The van der Waals surface area contributed by atoms with Gasteiger partial charge in [-0.3, -0.25) is 0 Å². The third-order valence-electron chi connectivity index (χ3n) is 4.46. The fourth-order valence-electron chi connectivity index (χ4n) is 2.88. The number of hydrogen-bond donors (Lipinski definition) is 3. The second-order valence-electron chi connectivity index (χ2n) is 6.15. The topological polar surface area (TPSA) is 87.3 Å². The lowest BCUT2D eigenvalue weighted by molar-refractivity contribution is 0.232. The van der Waals surface area contributed by atoms with Crippen LogP contribution in [0.5, 0.6) is 0 Å². The van der Waals surface area contributed by atoms with Gasteiger partial charge in [-0.1, -0.05) is 25.8 Å². The number of nitrogens with one attached hydrogen (secondary N) is 3. The van der Waals surface area contributed by atoms with Gasteiger partial charge in [0, 0.05) is 11.7 Å². The number of hydrogen-bond acceptors (Lipinski definition) is 3. The van der Waals surface area contributed by atoms with Crippen molar-refractivity contribution in [2.24, 2.45) is 5.92 Å². The van der Waals surface area contributed by atoms with E-state index in [2.05, 4.69) is 22.3 Å². The summed E-state index contributed by atoms with van der Waals surface area (Å²) in [7, 11) is -2.17. The molecule has 2 amide bonds. The van der Waals surface area contributed by atoms with Crippen LogP contribution >= 0.6 is 0 Å². The first-order chi connectivity index (χ1) is 10.8. The standard InChI is InChI=1S/C16H25N3O3S/c1-11-6-4-5-7-14(11)18-16(20)19-15-10-13(9-8-12(15)2)23(21,22)17-3/h8-11,14,17H,4-7H2,1-3H3,(H2,18,19,20). The molecule has 0 radical (unpaired) electrons. The van der Waals surface area contributed by atoms with Crippen LogP contribution in [0.2, 0.25) is 0 Å². The second-order valence-corrected chi connectivity index (χ2v) is 8.04. The molecule has 3 N–H and O–H groups in total. The quantitative estimate of drug-likeness (QED) is 0.788. The SMILES string of the molecule is CNS(=O)(=O)c1ccc(C)c(NC(=O)NC2CCCCC2C)c1. The maximum Gasteiger partial charge on any atom is 0.319 e. The van der Waals surface area contributed by atoms with E-state index in [1.165, 1.54) is 25.6 Å². The zero-order chi connectivity index (χ0) is 17.0. The molecule has 0 heterocycles. The number of aryl methyl sites for hydroxylation is 1. The first kappa shape index (κ1) is 17.7. The summed E-state index contributed by atoms with van der Waals surface area (Å²) >= 11 is 0. The molecule has 128 valence electrons. The summed E-state index contributed by atoms with van der Waals surface area (Å²) in [5.74, 6) is 0.464. The highest BCUT2D eigenvalue weighted by molar-refractivity contribution is 7.89. The number of sulfonamides is 1. The van der Waals surface area contributed by atoms with Crippen molar-refractivity contribution in [2.75, 3.05) is 12.4 Å². The van der Waals surface area contributed by atoms with Crippen LogP contribution in [-0.4, -0.2) is 27.5 Å². The van der Waals surface area contributed by atoms with Crippen molar-refractivity contribution < 1.29 is 13.2 Å². The van der Waals surface area contributed by atoms with Crippen molar-refractivity contribution >= 4 is 21.7 Å². The third-order valence-corrected chi connectivity index (χ3v) is 5.88. The van der Waals surface area contributed by atoms with E-state index >= 15 is 0 Å². The number of benzene rings is 1. The Bertz CT molecular complexity index is 673. The Kier molecular flexibility index (Phi) is 5.64. The van der Waals surface area contributed by atoms with Crippen molar-refractivity contribution in [3.63, 3.8) is 0 Å². The van der Waals surface area contributed by atoms with E-state index in [1.807, 2.05) is 6.92 Å². The van der Waals surface area contributed by atoms with Crippen LogP contribution in [-0.2, 0) is 10.0 Å². The van der Waals surface area contributed by atoms with E-state index in [9.17, 15) is 13.2 Å². The van der Waals surface area contributed by atoms with Gasteiger partial charge in [0.15, 0.2) is 0 Å². The van der Waals surface area contributed by atoms with Gasteiger partial charge in [-0.25, -0.2) is 17.9 Å². The number of anilines is 1. The average Bonchev–Trinajstić information content (AvgIpc) is 2.51. The normalized spacial score (nSPS) is 21.7. The van der Waals surface area contributed by atoms with Gasteiger partial charge < -0.3 is 10.6 Å². The summed E-state index contributed by atoms with van der Waals surface area (Å²) in [5, 5.41) is 5.77. The van der Waals surface area contributed by atoms with Crippen LogP contribution in [0, 0.1) is 12.8 Å².